The van der Waals surface area contributed by atoms with Crippen molar-refractivity contribution in [2.45, 2.75) is 13.5 Å². The molecular formula is C26H20BrN3O2. The van der Waals surface area contributed by atoms with E-state index in [0.29, 0.717) is 35.4 Å². The van der Waals surface area contributed by atoms with Gasteiger partial charge in [-0.1, -0.05) is 58.4 Å². The van der Waals surface area contributed by atoms with E-state index in [1.54, 1.807) is 21.6 Å². The fourth-order valence-electron chi connectivity index (χ4n) is 4.13. The predicted molar refractivity (Wildman–Crippen MR) is 132 cm³/mol. The summed E-state index contributed by atoms with van der Waals surface area (Å²) < 4.78 is 2.53. The molecule has 0 spiro atoms. The first-order valence-corrected chi connectivity index (χ1v) is 11.2. The van der Waals surface area contributed by atoms with Gasteiger partial charge in [-0.15, -0.1) is 0 Å². The van der Waals surface area contributed by atoms with Crippen molar-refractivity contribution in [2.24, 2.45) is 0 Å². The fraction of sp³-hybridized carbons (Fsp3) is 0.115. The minimum atomic E-state index is -0.126. The largest absolute Gasteiger partial charge is 0.308 e. The summed E-state index contributed by atoms with van der Waals surface area (Å²) in [4.78, 5) is 33.2. The van der Waals surface area contributed by atoms with E-state index < -0.39 is 0 Å². The normalized spacial score (nSPS) is 14.4. The highest BCUT2D eigenvalue weighted by atomic mass is 79.9. The number of anilines is 1. The molecule has 6 heteroatoms. The van der Waals surface area contributed by atoms with Crippen LogP contribution < -0.4 is 10.5 Å². The Morgan fingerprint density at radius 3 is 2.50 bits per heavy atom. The zero-order chi connectivity index (χ0) is 22.2. The zero-order valence-corrected chi connectivity index (χ0v) is 19.0. The van der Waals surface area contributed by atoms with Crippen LogP contribution in [0.15, 0.2) is 82.1 Å². The number of likely N-dealkylation sites (N-methyl/N-ethyl adjacent to an activating group) is 1. The summed E-state index contributed by atoms with van der Waals surface area (Å²) in [5.74, 6) is 0.374. The molecule has 0 N–H and O–H groups in total. The number of carbonyl (C=O) groups is 1. The predicted octanol–water partition coefficient (Wildman–Crippen LogP) is 5.11. The SMILES string of the molecule is CCN1C(=O)/C(=C\c2nc3ccccc3c(=O)n2Cc2ccccc2)c2cc(Br)ccc21. The smallest absolute Gasteiger partial charge is 0.261 e. The Morgan fingerprint density at radius 2 is 1.72 bits per heavy atom. The lowest BCUT2D eigenvalue weighted by Gasteiger charge is -2.14. The summed E-state index contributed by atoms with van der Waals surface area (Å²) >= 11 is 3.51. The number of aromatic nitrogens is 2. The summed E-state index contributed by atoms with van der Waals surface area (Å²) in [5.41, 5.74) is 3.71. The molecule has 4 aromatic rings. The number of hydrogen-bond acceptors (Lipinski definition) is 3. The van der Waals surface area contributed by atoms with Gasteiger partial charge in [0.15, 0.2) is 0 Å². The summed E-state index contributed by atoms with van der Waals surface area (Å²) in [6.07, 6.45) is 1.75. The van der Waals surface area contributed by atoms with Crippen molar-refractivity contribution < 1.29 is 4.79 Å². The van der Waals surface area contributed by atoms with Crippen LogP contribution in [0.2, 0.25) is 0 Å². The maximum absolute atomic E-state index is 13.4. The van der Waals surface area contributed by atoms with Crippen molar-refractivity contribution in [3.05, 3.63) is 105 Å². The molecule has 5 rings (SSSR count). The van der Waals surface area contributed by atoms with Crippen molar-refractivity contribution in [2.75, 3.05) is 11.4 Å². The highest BCUT2D eigenvalue weighted by molar-refractivity contribution is 9.10. The van der Waals surface area contributed by atoms with Crippen LogP contribution in [-0.2, 0) is 11.3 Å². The molecular weight excluding hydrogens is 466 g/mol. The van der Waals surface area contributed by atoms with Gasteiger partial charge in [-0.3, -0.25) is 14.2 Å². The molecule has 0 saturated heterocycles. The lowest BCUT2D eigenvalue weighted by molar-refractivity contribution is -0.112. The summed E-state index contributed by atoms with van der Waals surface area (Å²) in [5, 5.41) is 0.557. The summed E-state index contributed by atoms with van der Waals surface area (Å²) in [6, 6.07) is 22.9. The average Bonchev–Trinajstić information content (AvgIpc) is 3.07. The van der Waals surface area contributed by atoms with Gasteiger partial charge < -0.3 is 4.90 Å². The quantitative estimate of drug-likeness (QED) is 0.377. The molecule has 1 aliphatic rings. The van der Waals surface area contributed by atoms with Crippen LogP contribution in [0.5, 0.6) is 0 Å². The molecule has 0 atom stereocenters. The Kier molecular flexibility index (Phi) is 5.23. The number of nitrogens with zero attached hydrogens (tertiary/aromatic N) is 3. The number of benzene rings is 3. The van der Waals surface area contributed by atoms with Crippen molar-refractivity contribution in [1.29, 1.82) is 0 Å². The second kappa shape index (κ2) is 8.20. The molecule has 1 amide bonds. The molecule has 0 unspecified atom stereocenters. The van der Waals surface area contributed by atoms with Gasteiger partial charge in [0.2, 0.25) is 0 Å². The van der Waals surface area contributed by atoms with E-state index in [4.69, 9.17) is 4.98 Å². The van der Waals surface area contributed by atoms with E-state index in [-0.39, 0.29) is 11.5 Å². The summed E-state index contributed by atoms with van der Waals surface area (Å²) in [6.45, 7) is 2.88. The molecule has 5 nitrogen and oxygen atoms in total. The van der Waals surface area contributed by atoms with Gasteiger partial charge in [0, 0.05) is 16.6 Å². The van der Waals surface area contributed by atoms with E-state index in [1.165, 1.54) is 0 Å². The number of hydrogen-bond donors (Lipinski definition) is 0. The first kappa shape index (κ1) is 20.4. The molecule has 1 aromatic heterocycles. The van der Waals surface area contributed by atoms with E-state index in [2.05, 4.69) is 15.9 Å². The highest BCUT2D eigenvalue weighted by Gasteiger charge is 2.32. The molecule has 0 radical (unpaired) electrons. The Morgan fingerprint density at radius 1 is 0.969 bits per heavy atom. The number of fused-ring (bicyclic) bond motifs is 2. The first-order valence-electron chi connectivity index (χ1n) is 10.4. The van der Waals surface area contributed by atoms with E-state index in [9.17, 15) is 9.59 Å². The molecule has 0 aliphatic carbocycles. The molecule has 3 aromatic carbocycles. The maximum atomic E-state index is 13.4. The third-order valence-corrected chi connectivity index (χ3v) is 6.17. The van der Waals surface area contributed by atoms with Gasteiger partial charge in [0.1, 0.15) is 5.82 Å². The fourth-order valence-corrected chi connectivity index (χ4v) is 4.49. The minimum absolute atomic E-state index is 0.0886. The average molecular weight is 486 g/mol. The lowest BCUT2D eigenvalue weighted by atomic mass is 10.1. The van der Waals surface area contributed by atoms with Gasteiger partial charge >= 0.3 is 0 Å². The molecule has 1 aliphatic heterocycles. The minimum Gasteiger partial charge on any atom is -0.308 e. The molecule has 0 bridgehead atoms. The standard InChI is InChI=1S/C26H20BrN3O2/c1-2-29-23-13-12-18(27)14-20(23)21(26(29)32)15-24-28-22-11-7-6-10-19(22)25(31)30(24)16-17-8-4-3-5-9-17/h3-15H,2,16H2,1H3/b21-15-. The zero-order valence-electron chi connectivity index (χ0n) is 17.5. The van der Waals surface area contributed by atoms with Gasteiger partial charge in [0.25, 0.3) is 11.5 Å². The maximum Gasteiger partial charge on any atom is 0.261 e. The number of halogens is 1. The van der Waals surface area contributed by atoms with Gasteiger partial charge in [-0.25, -0.2) is 4.98 Å². The molecule has 0 saturated carbocycles. The van der Waals surface area contributed by atoms with Crippen LogP contribution in [0.25, 0.3) is 22.6 Å². The van der Waals surface area contributed by atoms with Crippen LogP contribution in [0.1, 0.15) is 23.9 Å². The Balaban J connectivity index is 1.75. The van der Waals surface area contributed by atoms with E-state index in [1.807, 2.05) is 73.7 Å². The molecule has 158 valence electrons. The number of carbonyl (C=O) groups excluding carboxylic acids is 1. The van der Waals surface area contributed by atoms with Crippen LogP contribution in [0, 0.1) is 0 Å². The third kappa shape index (κ3) is 3.46. The lowest BCUT2D eigenvalue weighted by Crippen LogP contribution is -2.26. The van der Waals surface area contributed by atoms with Crippen LogP contribution in [0.3, 0.4) is 0 Å². The monoisotopic (exact) mass is 485 g/mol. The number of amides is 1. The van der Waals surface area contributed by atoms with Crippen molar-refractivity contribution >= 4 is 50.1 Å². The Bertz CT molecular complexity index is 1440. The molecule has 32 heavy (non-hydrogen) atoms. The second-order valence-corrected chi connectivity index (χ2v) is 8.55. The van der Waals surface area contributed by atoms with Crippen LogP contribution in [-0.4, -0.2) is 22.0 Å². The van der Waals surface area contributed by atoms with E-state index >= 15 is 0 Å². The van der Waals surface area contributed by atoms with Crippen LogP contribution >= 0.6 is 15.9 Å². The third-order valence-electron chi connectivity index (χ3n) is 5.68. The molecule has 2 heterocycles. The van der Waals surface area contributed by atoms with E-state index in [0.717, 1.165) is 21.3 Å². The Hall–Kier alpha value is -3.51. The number of para-hydroxylation sites is 1. The van der Waals surface area contributed by atoms with Gasteiger partial charge in [-0.05, 0) is 48.9 Å². The topological polar surface area (TPSA) is 55.2 Å². The Labute approximate surface area is 193 Å². The second-order valence-electron chi connectivity index (χ2n) is 7.63. The highest BCUT2D eigenvalue weighted by Crippen LogP contribution is 2.39. The van der Waals surface area contributed by atoms with Crippen molar-refractivity contribution in [1.82, 2.24) is 9.55 Å². The molecule has 0 fully saturated rings. The van der Waals surface area contributed by atoms with Crippen LogP contribution in [0.4, 0.5) is 5.69 Å². The van der Waals surface area contributed by atoms with Crippen molar-refractivity contribution in [3.8, 4) is 0 Å². The summed E-state index contributed by atoms with van der Waals surface area (Å²) in [7, 11) is 0. The van der Waals surface area contributed by atoms with Gasteiger partial charge in [0.05, 0.1) is 28.7 Å². The van der Waals surface area contributed by atoms with Gasteiger partial charge in [-0.2, -0.15) is 0 Å². The van der Waals surface area contributed by atoms with Crippen molar-refractivity contribution in [3.63, 3.8) is 0 Å². The number of rotatable bonds is 4. The first-order chi connectivity index (χ1) is 15.6.